The molecule has 11 heteroatoms. The highest BCUT2D eigenvalue weighted by molar-refractivity contribution is 7.89. The van der Waals surface area contributed by atoms with Crippen LogP contribution in [0.5, 0.6) is 0 Å². The van der Waals surface area contributed by atoms with Crippen LogP contribution in [0.25, 0.3) is 10.2 Å². The predicted octanol–water partition coefficient (Wildman–Crippen LogP) is 4.19. The number of aromatic nitrogens is 1. The zero-order valence-corrected chi connectivity index (χ0v) is 20.5. The van der Waals surface area contributed by atoms with Gasteiger partial charge >= 0.3 is 0 Å². The number of sulfonamides is 1. The lowest BCUT2D eigenvalue weighted by atomic mass is 9.98. The number of carbonyl (C=O) groups excluding carboxylic acids is 1. The van der Waals surface area contributed by atoms with Crippen LogP contribution in [0.4, 0.5) is 13.9 Å². The Morgan fingerprint density at radius 1 is 1.17 bits per heavy atom. The molecule has 3 aromatic rings. The minimum atomic E-state index is -3.74. The van der Waals surface area contributed by atoms with Crippen molar-refractivity contribution in [2.45, 2.75) is 36.7 Å². The molecule has 35 heavy (non-hydrogen) atoms. The van der Waals surface area contributed by atoms with E-state index in [9.17, 15) is 22.0 Å². The summed E-state index contributed by atoms with van der Waals surface area (Å²) in [4.78, 5) is 19.8. The maximum atomic E-state index is 14.3. The van der Waals surface area contributed by atoms with E-state index in [4.69, 9.17) is 4.74 Å². The number of rotatable bonds is 6. The maximum Gasteiger partial charge on any atom is 0.243 e. The Balaban J connectivity index is 1.44. The number of ether oxygens (including phenoxy) is 1. The third-order valence-electron chi connectivity index (χ3n) is 6.42. The Morgan fingerprint density at radius 3 is 2.71 bits per heavy atom. The molecule has 0 saturated carbocycles. The van der Waals surface area contributed by atoms with Gasteiger partial charge in [0.15, 0.2) is 10.9 Å². The van der Waals surface area contributed by atoms with Crippen molar-refractivity contribution in [1.82, 2.24) is 9.29 Å². The Bertz CT molecular complexity index is 1330. The zero-order chi connectivity index (χ0) is 24.6. The van der Waals surface area contributed by atoms with Crippen LogP contribution in [-0.4, -0.2) is 56.0 Å². The molecule has 1 amide bonds. The van der Waals surface area contributed by atoms with Gasteiger partial charge in [-0.2, -0.15) is 4.31 Å². The molecule has 2 aliphatic rings. The second-order valence-electron chi connectivity index (χ2n) is 8.83. The zero-order valence-electron chi connectivity index (χ0n) is 18.9. The Morgan fingerprint density at radius 2 is 1.97 bits per heavy atom. The number of piperidine rings is 1. The average Bonchev–Trinajstić information content (AvgIpc) is 3.53. The summed E-state index contributed by atoms with van der Waals surface area (Å²) in [6.07, 6.45) is 2.52. The van der Waals surface area contributed by atoms with Crippen molar-refractivity contribution >= 4 is 42.6 Å². The number of hydrogen-bond donors (Lipinski definition) is 0. The SMILES string of the molecule is O=C(C1CCCN(S(=O)(=O)c2ccccc2)C1)N(CC1CCCO1)c1nc2c(F)cc(F)cc2s1. The second-order valence-corrected chi connectivity index (χ2v) is 11.8. The third-order valence-corrected chi connectivity index (χ3v) is 9.33. The summed E-state index contributed by atoms with van der Waals surface area (Å²) in [5.74, 6) is -2.37. The Kier molecular flexibility index (Phi) is 6.84. The first kappa shape index (κ1) is 24.2. The van der Waals surface area contributed by atoms with Gasteiger partial charge in [-0.3, -0.25) is 9.69 Å². The van der Waals surface area contributed by atoms with Crippen LogP contribution in [-0.2, 0) is 19.6 Å². The lowest BCUT2D eigenvalue weighted by Crippen LogP contribution is -2.48. The molecule has 2 aromatic carbocycles. The maximum absolute atomic E-state index is 14.3. The molecule has 2 fully saturated rings. The summed E-state index contributed by atoms with van der Waals surface area (Å²) in [5.41, 5.74) is 0.00784. The van der Waals surface area contributed by atoms with Gasteiger partial charge in [-0.1, -0.05) is 29.5 Å². The molecular weight excluding hydrogens is 496 g/mol. The molecule has 0 spiro atoms. The number of carbonyl (C=O) groups is 1. The molecule has 2 saturated heterocycles. The van der Waals surface area contributed by atoms with Crippen LogP contribution in [0.3, 0.4) is 0 Å². The monoisotopic (exact) mass is 521 g/mol. The fourth-order valence-corrected chi connectivity index (χ4v) is 7.20. The average molecular weight is 522 g/mol. The molecule has 0 radical (unpaired) electrons. The van der Waals surface area contributed by atoms with Crippen LogP contribution < -0.4 is 4.90 Å². The molecule has 2 aliphatic heterocycles. The van der Waals surface area contributed by atoms with Crippen LogP contribution in [0, 0.1) is 17.6 Å². The van der Waals surface area contributed by atoms with Gasteiger partial charge in [0.25, 0.3) is 0 Å². The smallest absolute Gasteiger partial charge is 0.243 e. The fraction of sp³-hybridized carbons (Fsp3) is 0.417. The lowest BCUT2D eigenvalue weighted by Gasteiger charge is -2.34. The van der Waals surface area contributed by atoms with E-state index >= 15 is 0 Å². The van der Waals surface area contributed by atoms with Crippen molar-refractivity contribution in [3.8, 4) is 0 Å². The minimum absolute atomic E-state index is 0.00784. The Hall–Kier alpha value is -2.47. The van der Waals surface area contributed by atoms with E-state index in [0.717, 1.165) is 30.2 Å². The van der Waals surface area contributed by atoms with Crippen LogP contribution in [0.15, 0.2) is 47.4 Å². The lowest BCUT2D eigenvalue weighted by molar-refractivity contribution is -0.123. The molecule has 186 valence electrons. The molecule has 3 heterocycles. The van der Waals surface area contributed by atoms with Gasteiger partial charge in [-0.05, 0) is 43.9 Å². The quantitative estimate of drug-likeness (QED) is 0.486. The van der Waals surface area contributed by atoms with Crippen LogP contribution in [0.1, 0.15) is 25.7 Å². The van der Waals surface area contributed by atoms with Crippen LogP contribution in [0.2, 0.25) is 0 Å². The summed E-state index contributed by atoms with van der Waals surface area (Å²) in [7, 11) is -3.74. The normalized spacial score (nSPS) is 21.4. The number of fused-ring (bicyclic) bond motifs is 1. The van der Waals surface area contributed by atoms with Crippen molar-refractivity contribution in [2.24, 2.45) is 5.92 Å². The number of hydrogen-bond acceptors (Lipinski definition) is 6. The van der Waals surface area contributed by atoms with Crippen molar-refractivity contribution in [2.75, 3.05) is 31.1 Å². The molecule has 0 aliphatic carbocycles. The predicted molar refractivity (Wildman–Crippen MR) is 129 cm³/mol. The molecule has 0 bridgehead atoms. The summed E-state index contributed by atoms with van der Waals surface area (Å²) < 4.78 is 61.8. The number of amides is 1. The van der Waals surface area contributed by atoms with Gasteiger partial charge in [0, 0.05) is 25.8 Å². The van der Waals surface area contributed by atoms with Gasteiger partial charge in [-0.25, -0.2) is 22.2 Å². The number of thiazole rings is 1. The molecule has 2 unspecified atom stereocenters. The van der Waals surface area contributed by atoms with Crippen molar-refractivity contribution < 1.29 is 26.7 Å². The van der Waals surface area contributed by atoms with Gasteiger partial charge in [0.2, 0.25) is 15.9 Å². The number of anilines is 1. The van der Waals surface area contributed by atoms with Gasteiger partial charge in [0.1, 0.15) is 11.3 Å². The van der Waals surface area contributed by atoms with E-state index in [1.54, 1.807) is 30.3 Å². The fourth-order valence-electron chi connectivity index (χ4n) is 4.64. The molecule has 2 atom stereocenters. The number of benzene rings is 2. The van der Waals surface area contributed by atoms with E-state index in [2.05, 4.69) is 4.98 Å². The van der Waals surface area contributed by atoms with Crippen molar-refractivity contribution in [1.29, 1.82) is 0 Å². The first-order valence-electron chi connectivity index (χ1n) is 11.6. The van der Waals surface area contributed by atoms with E-state index in [1.807, 2.05) is 0 Å². The van der Waals surface area contributed by atoms with E-state index < -0.39 is 27.6 Å². The largest absolute Gasteiger partial charge is 0.376 e. The first-order valence-corrected chi connectivity index (χ1v) is 13.8. The second kappa shape index (κ2) is 9.88. The van der Waals surface area contributed by atoms with E-state index in [0.29, 0.717) is 30.7 Å². The minimum Gasteiger partial charge on any atom is -0.376 e. The third kappa shape index (κ3) is 4.95. The molecule has 7 nitrogen and oxygen atoms in total. The van der Waals surface area contributed by atoms with Crippen LogP contribution >= 0.6 is 11.3 Å². The summed E-state index contributed by atoms with van der Waals surface area (Å²) in [5, 5.41) is 0.257. The molecular formula is C24H25F2N3O4S2. The molecule has 1 aromatic heterocycles. The molecule has 5 rings (SSSR count). The number of halogens is 2. The number of nitrogens with zero attached hydrogens (tertiary/aromatic N) is 3. The standard InChI is InChI=1S/C24H25F2N3O4S2/c25-17-12-20(26)22-21(13-17)34-24(27-22)29(15-18-7-5-11-33-18)23(30)16-6-4-10-28(14-16)35(31,32)19-8-2-1-3-9-19/h1-3,8-9,12-13,16,18H,4-7,10-11,14-15H2. The topological polar surface area (TPSA) is 79.8 Å². The summed E-state index contributed by atoms with van der Waals surface area (Å²) in [6.45, 7) is 1.20. The van der Waals surface area contributed by atoms with E-state index in [1.165, 1.54) is 15.3 Å². The van der Waals surface area contributed by atoms with E-state index in [-0.39, 0.29) is 40.6 Å². The van der Waals surface area contributed by atoms with Crippen molar-refractivity contribution in [3.63, 3.8) is 0 Å². The molecule has 0 N–H and O–H groups in total. The summed E-state index contributed by atoms with van der Waals surface area (Å²) >= 11 is 1.04. The van der Waals surface area contributed by atoms with Crippen molar-refractivity contribution in [3.05, 3.63) is 54.1 Å². The highest BCUT2D eigenvalue weighted by atomic mass is 32.2. The Labute approximate surface area is 206 Å². The first-order chi connectivity index (χ1) is 16.8. The van der Waals surface area contributed by atoms with Gasteiger partial charge in [0.05, 0.1) is 28.2 Å². The van der Waals surface area contributed by atoms with Gasteiger partial charge in [-0.15, -0.1) is 0 Å². The highest BCUT2D eigenvalue weighted by Gasteiger charge is 2.37. The summed E-state index contributed by atoms with van der Waals surface area (Å²) in [6, 6.07) is 10.1. The highest BCUT2D eigenvalue weighted by Crippen LogP contribution is 2.34. The van der Waals surface area contributed by atoms with Gasteiger partial charge < -0.3 is 4.74 Å².